The first-order chi connectivity index (χ1) is 11.7. The highest BCUT2D eigenvalue weighted by atomic mass is 35.5. The van der Waals surface area contributed by atoms with Crippen molar-refractivity contribution in [2.75, 3.05) is 10.6 Å². The molecule has 2 aromatic rings. The van der Waals surface area contributed by atoms with Crippen LogP contribution in [0.1, 0.15) is 6.92 Å². The topological polar surface area (TPSA) is 87.3 Å². The van der Waals surface area contributed by atoms with Crippen LogP contribution in [0.15, 0.2) is 47.4 Å². The number of anilines is 2. The van der Waals surface area contributed by atoms with Crippen molar-refractivity contribution in [1.82, 2.24) is 4.72 Å². The van der Waals surface area contributed by atoms with Crippen LogP contribution in [-0.2, 0) is 14.8 Å². The van der Waals surface area contributed by atoms with Gasteiger partial charge in [0, 0.05) is 17.6 Å². The minimum absolute atomic E-state index is 0.0344. The van der Waals surface area contributed by atoms with E-state index >= 15 is 0 Å². The fourth-order valence-electron chi connectivity index (χ4n) is 1.84. The monoisotopic (exact) mass is 417 g/mol. The molecule has 0 heterocycles. The maximum absolute atomic E-state index is 11.9. The molecule has 2 aromatic carbocycles. The molecule has 25 heavy (non-hydrogen) atoms. The van der Waals surface area contributed by atoms with Crippen molar-refractivity contribution in [3.63, 3.8) is 0 Å². The van der Waals surface area contributed by atoms with Crippen LogP contribution in [0.5, 0.6) is 0 Å². The fraction of sp³-hybridized carbons (Fsp3) is 0.0667. The van der Waals surface area contributed by atoms with Crippen LogP contribution in [0, 0.1) is 0 Å². The van der Waals surface area contributed by atoms with Gasteiger partial charge in [0.1, 0.15) is 0 Å². The number of nitrogens with one attached hydrogen (secondary N) is 3. The van der Waals surface area contributed by atoms with Crippen LogP contribution < -0.4 is 15.4 Å². The third kappa shape index (κ3) is 5.57. The Labute approximate surface area is 160 Å². The Morgan fingerprint density at radius 3 is 2.24 bits per heavy atom. The van der Waals surface area contributed by atoms with Gasteiger partial charge in [-0.2, -0.15) is 0 Å². The number of halogens is 2. The van der Waals surface area contributed by atoms with Crippen molar-refractivity contribution in [2.24, 2.45) is 0 Å². The van der Waals surface area contributed by atoms with Crippen LogP contribution in [0.4, 0.5) is 11.4 Å². The van der Waals surface area contributed by atoms with Gasteiger partial charge in [0.25, 0.3) is 10.0 Å². The van der Waals surface area contributed by atoms with Gasteiger partial charge in [-0.05, 0) is 54.7 Å². The molecule has 0 spiro atoms. The zero-order chi connectivity index (χ0) is 18.6. The van der Waals surface area contributed by atoms with E-state index < -0.39 is 15.9 Å². The van der Waals surface area contributed by atoms with Gasteiger partial charge >= 0.3 is 0 Å². The quantitative estimate of drug-likeness (QED) is 0.658. The lowest BCUT2D eigenvalue weighted by molar-refractivity contribution is -0.117. The standard InChI is InChI=1S/C15H13Cl2N3O3S2/c1-9(21)20-25(22,23)12-5-3-11(4-6-12)18-15(24)19-14-7-2-10(16)8-13(14)17/h2-8H,1H3,(H,20,21)(H2,18,19,24). The van der Waals surface area contributed by atoms with E-state index in [1.165, 1.54) is 24.3 Å². The zero-order valence-corrected chi connectivity index (χ0v) is 16.0. The number of carbonyl (C=O) groups is 1. The molecule has 1 amide bonds. The molecular weight excluding hydrogens is 405 g/mol. The van der Waals surface area contributed by atoms with Gasteiger partial charge in [0.05, 0.1) is 15.6 Å². The average Bonchev–Trinajstić information content (AvgIpc) is 2.49. The van der Waals surface area contributed by atoms with Gasteiger partial charge in [-0.3, -0.25) is 4.79 Å². The Bertz CT molecular complexity index is 916. The summed E-state index contributed by atoms with van der Waals surface area (Å²) < 4.78 is 25.6. The highest BCUT2D eigenvalue weighted by molar-refractivity contribution is 7.90. The highest BCUT2D eigenvalue weighted by Crippen LogP contribution is 2.25. The Balaban J connectivity index is 2.05. The lowest BCUT2D eigenvalue weighted by Gasteiger charge is -2.12. The lowest BCUT2D eigenvalue weighted by Crippen LogP contribution is -2.28. The normalized spacial score (nSPS) is 10.8. The van der Waals surface area contributed by atoms with E-state index in [-0.39, 0.29) is 10.0 Å². The summed E-state index contributed by atoms with van der Waals surface area (Å²) in [6.45, 7) is 1.12. The molecule has 0 aliphatic rings. The summed E-state index contributed by atoms with van der Waals surface area (Å²) in [6, 6.07) is 10.7. The summed E-state index contributed by atoms with van der Waals surface area (Å²) in [4.78, 5) is 10.9. The Kier molecular flexibility index (Phi) is 6.23. The van der Waals surface area contributed by atoms with Crippen molar-refractivity contribution in [2.45, 2.75) is 11.8 Å². The maximum atomic E-state index is 11.9. The summed E-state index contributed by atoms with van der Waals surface area (Å²) in [5.41, 5.74) is 1.14. The predicted molar refractivity (Wildman–Crippen MR) is 104 cm³/mol. The minimum atomic E-state index is -3.87. The van der Waals surface area contributed by atoms with E-state index in [1.807, 2.05) is 4.72 Å². The third-order valence-corrected chi connectivity index (χ3v) is 5.08. The van der Waals surface area contributed by atoms with Gasteiger partial charge in [-0.15, -0.1) is 0 Å². The molecule has 0 unspecified atom stereocenters. The van der Waals surface area contributed by atoms with Crippen molar-refractivity contribution >= 4 is 67.8 Å². The second-order valence-electron chi connectivity index (χ2n) is 4.89. The number of benzene rings is 2. The molecule has 10 heteroatoms. The number of amides is 1. The first-order valence-electron chi connectivity index (χ1n) is 6.84. The number of carbonyl (C=O) groups excluding carboxylic acids is 1. The van der Waals surface area contributed by atoms with E-state index in [0.717, 1.165) is 6.92 Å². The van der Waals surface area contributed by atoms with E-state index in [4.69, 9.17) is 35.4 Å². The SMILES string of the molecule is CC(=O)NS(=O)(=O)c1ccc(NC(=S)Nc2ccc(Cl)cc2Cl)cc1. The van der Waals surface area contributed by atoms with Crippen LogP contribution in [0.25, 0.3) is 0 Å². The summed E-state index contributed by atoms with van der Waals surface area (Å²) >= 11 is 17.1. The first kappa shape index (κ1) is 19.5. The number of hydrogen-bond acceptors (Lipinski definition) is 4. The Hall–Kier alpha value is -1.87. The molecule has 2 rings (SSSR count). The molecule has 3 N–H and O–H groups in total. The molecule has 0 saturated carbocycles. The number of thiocarbonyl (C=S) groups is 1. The van der Waals surface area contributed by atoms with Crippen LogP contribution in [0.2, 0.25) is 10.0 Å². The van der Waals surface area contributed by atoms with E-state index in [2.05, 4.69) is 10.6 Å². The van der Waals surface area contributed by atoms with Gasteiger partial charge in [-0.25, -0.2) is 13.1 Å². The second kappa shape index (κ2) is 8.01. The molecule has 0 fully saturated rings. The molecule has 132 valence electrons. The minimum Gasteiger partial charge on any atom is -0.332 e. The van der Waals surface area contributed by atoms with Crippen molar-refractivity contribution in [1.29, 1.82) is 0 Å². The molecule has 0 atom stereocenters. The number of hydrogen-bond donors (Lipinski definition) is 3. The molecule has 0 aromatic heterocycles. The average molecular weight is 418 g/mol. The predicted octanol–water partition coefficient (Wildman–Crippen LogP) is 3.63. The van der Waals surface area contributed by atoms with Crippen molar-refractivity contribution in [3.05, 3.63) is 52.5 Å². The number of rotatable bonds is 4. The van der Waals surface area contributed by atoms with Crippen molar-refractivity contribution < 1.29 is 13.2 Å². The summed E-state index contributed by atoms with van der Waals surface area (Å²) in [5.74, 6) is -0.660. The smallest absolute Gasteiger partial charge is 0.264 e. The van der Waals surface area contributed by atoms with E-state index in [0.29, 0.717) is 21.4 Å². The van der Waals surface area contributed by atoms with Gasteiger partial charge in [0.2, 0.25) is 5.91 Å². The van der Waals surface area contributed by atoms with Gasteiger partial charge in [0.15, 0.2) is 5.11 Å². The van der Waals surface area contributed by atoms with Crippen LogP contribution >= 0.6 is 35.4 Å². The fourth-order valence-corrected chi connectivity index (χ4v) is 3.52. The second-order valence-corrected chi connectivity index (χ2v) is 7.82. The largest absolute Gasteiger partial charge is 0.332 e. The molecule has 0 aliphatic heterocycles. The molecule has 0 radical (unpaired) electrons. The molecule has 6 nitrogen and oxygen atoms in total. The zero-order valence-electron chi connectivity index (χ0n) is 12.8. The summed E-state index contributed by atoms with van der Waals surface area (Å²) in [6.07, 6.45) is 0. The van der Waals surface area contributed by atoms with Crippen LogP contribution in [-0.4, -0.2) is 19.4 Å². The Morgan fingerprint density at radius 1 is 1.04 bits per heavy atom. The van der Waals surface area contributed by atoms with Crippen molar-refractivity contribution in [3.8, 4) is 0 Å². The van der Waals surface area contributed by atoms with Gasteiger partial charge < -0.3 is 10.6 Å². The van der Waals surface area contributed by atoms with Crippen LogP contribution in [0.3, 0.4) is 0 Å². The van der Waals surface area contributed by atoms with E-state index in [9.17, 15) is 13.2 Å². The molecule has 0 aliphatic carbocycles. The third-order valence-electron chi connectivity index (χ3n) is 2.88. The molecular formula is C15H13Cl2N3O3S2. The number of sulfonamides is 1. The lowest BCUT2D eigenvalue weighted by atomic mass is 10.3. The Morgan fingerprint density at radius 2 is 1.68 bits per heavy atom. The summed E-state index contributed by atoms with van der Waals surface area (Å²) in [7, 11) is -3.87. The molecule has 0 bridgehead atoms. The molecule has 0 saturated heterocycles. The van der Waals surface area contributed by atoms with Gasteiger partial charge in [-0.1, -0.05) is 23.2 Å². The maximum Gasteiger partial charge on any atom is 0.264 e. The highest BCUT2D eigenvalue weighted by Gasteiger charge is 2.15. The summed E-state index contributed by atoms with van der Waals surface area (Å²) in [5, 5.41) is 6.99. The van der Waals surface area contributed by atoms with E-state index in [1.54, 1.807) is 18.2 Å². The first-order valence-corrected chi connectivity index (χ1v) is 9.48.